The fourth-order valence-corrected chi connectivity index (χ4v) is 2.88. The highest BCUT2D eigenvalue weighted by molar-refractivity contribution is 6.06. The average molecular weight is 382 g/mol. The highest BCUT2D eigenvalue weighted by atomic mass is 16.2. The summed E-state index contributed by atoms with van der Waals surface area (Å²) < 4.78 is 0. The third-order valence-corrected chi connectivity index (χ3v) is 4.37. The number of anilines is 2. The molecule has 0 radical (unpaired) electrons. The normalized spacial score (nSPS) is 10.3. The van der Waals surface area contributed by atoms with E-state index in [1.165, 1.54) is 0 Å². The van der Waals surface area contributed by atoms with Crippen molar-refractivity contribution in [1.29, 1.82) is 0 Å². The molecule has 0 bridgehead atoms. The first-order chi connectivity index (χ1) is 14.2. The van der Waals surface area contributed by atoms with Crippen LogP contribution in [0.3, 0.4) is 0 Å². The molecule has 0 aliphatic heterocycles. The maximum Gasteiger partial charge on any atom is 0.255 e. The lowest BCUT2D eigenvalue weighted by molar-refractivity contribution is 0.102. The van der Waals surface area contributed by atoms with Gasteiger partial charge in [0.2, 0.25) is 0 Å². The summed E-state index contributed by atoms with van der Waals surface area (Å²) in [4.78, 5) is 24.8. The number of benzene rings is 3. The Balaban J connectivity index is 1.42. The zero-order valence-corrected chi connectivity index (χ0v) is 15.4. The summed E-state index contributed by atoms with van der Waals surface area (Å²) in [5, 5.41) is 12.5. The van der Waals surface area contributed by atoms with Crippen LogP contribution in [0.4, 0.5) is 11.4 Å². The molecule has 0 spiro atoms. The summed E-state index contributed by atoms with van der Waals surface area (Å²) >= 11 is 0. The second-order valence-corrected chi connectivity index (χ2v) is 6.40. The summed E-state index contributed by atoms with van der Waals surface area (Å²) in [7, 11) is 0. The molecule has 0 unspecified atom stereocenters. The van der Waals surface area contributed by atoms with Crippen molar-refractivity contribution in [3.8, 4) is 11.3 Å². The van der Waals surface area contributed by atoms with E-state index in [1.807, 2.05) is 48.5 Å². The minimum Gasteiger partial charge on any atom is -0.322 e. The number of rotatable bonds is 5. The number of hydrogen-bond acceptors (Lipinski definition) is 3. The van der Waals surface area contributed by atoms with Gasteiger partial charge in [-0.1, -0.05) is 30.3 Å². The quantitative estimate of drug-likeness (QED) is 0.472. The third kappa shape index (κ3) is 4.39. The van der Waals surface area contributed by atoms with Crippen molar-refractivity contribution in [2.45, 2.75) is 0 Å². The molecule has 0 aliphatic carbocycles. The number of nitrogens with one attached hydrogen (secondary N) is 3. The number of amides is 2. The lowest BCUT2D eigenvalue weighted by Gasteiger charge is -2.09. The fourth-order valence-electron chi connectivity index (χ4n) is 2.88. The fraction of sp³-hybridized carbons (Fsp3) is 0. The molecular weight excluding hydrogens is 364 g/mol. The van der Waals surface area contributed by atoms with Gasteiger partial charge in [-0.15, -0.1) is 0 Å². The first-order valence-corrected chi connectivity index (χ1v) is 9.07. The van der Waals surface area contributed by atoms with Crippen molar-refractivity contribution < 1.29 is 9.59 Å². The van der Waals surface area contributed by atoms with Gasteiger partial charge >= 0.3 is 0 Å². The zero-order valence-electron chi connectivity index (χ0n) is 15.4. The van der Waals surface area contributed by atoms with Crippen LogP contribution in [0.2, 0.25) is 0 Å². The van der Waals surface area contributed by atoms with Crippen molar-refractivity contribution in [1.82, 2.24) is 10.2 Å². The van der Waals surface area contributed by atoms with Gasteiger partial charge in [-0.25, -0.2) is 0 Å². The first kappa shape index (κ1) is 18.2. The molecule has 0 saturated heterocycles. The number of aromatic amines is 1. The second kappa shape index (κ2) is 8.22. The minimum atomic E-state index is -0.229. The molecule has 0 aliphatic rings. The van der Waals surface area contributed by atoms with E-state index in [1.54, 1.807) is 42.6 Å². The molecule has 4 rings (SSSR count). The summed E-state index contributed by atoms with van der Waals surface area (Å²) in [5.74, 6) is -0.425. The van der Waals surface area contributed by atoms with Crippen molar-refractivity contribution in [2.24, 2.45) is 0 Å². The van der Waals surface area contributed by atoms with Crippen molar-refractivity contribution in [2.75, 3.05) is 10.6 Å². The highest BCUT2D eigenvalue weighted by Crippen LogP contribution is 2.21. The molecule has 6 nitrogen and oxygen atoms in total. The third-order valence-electron chi connectivity index (χ3n) is 4.37. The lowest BCUT2D eigenvalue weighted by Crippen LogP contribution is -2.13. The predicted molar refractivity (Wildman–Crippen MR) is 113 cm³/mol. The van der Waals surface area contributed by atoms with Crippen LogP contribution in [0.1, 0.15) is 20.7 Å². The Labute approximate surface area is 167 Å². The van der Waals surface area contributed by atoms with Crippen LogP contribution in [0, 0.1) is 0 Å². The summed E-state index contributed by atoms with van der Waals surface area (Å²) in [5.41, 5.74) is 4.18. The van der Waals surface area contributed by atoms with Gasteiger partial charge < -0.3 is 10.6 Å². The van der Waals surface area contributed by atoms with Crippen molar-refractivity contribution in [3.63, 3.8) is 0 Å². The van der Waals surface area contributed by atoms with Gasteiger partial charge in [-0.3, -0.25) is 14.7 Å². The van der Waals surface area contributed by atoms with E-state index < -0.39 is 0 Å². The van der Waals surface area contributed by atoms with E-state index in [4.69, 9.17) is 0 Å². The van der Waals surface area contributed by atoms with Gasteiger partial charge in [0.1, 0.15) is 0 Å². The van der Waals surface area contributed by atoms with Crippen LogP contribution in [0.15, 0.2) is 91.1 Å². The van der Waals surface area contributed by atoms with Crippen LogP contribution in [0.25, 0.3) is 11.3 Å². The van der Waals surface area contributed by atoms with Gasteiger partial charge in [0, 0.05) is 34.3 Å². The van der Waals surface area contributed by atoms with Crippen molar-refractivity contribution in [3.05, 3.63) is 102 Å². The van der Waals surface area contributed by atoms with Gasteiger partial charge in [0.15, 0.2) is 0 Å². The Bertz CT molecular complexity index is 1120. The van der Waals surface area contributed by atoms with E-state index in [-0.39, 0.29) is 11.8 Å². The molecule has 1 aromatic heterocycles. The molecule has 2 amide bonds. The number of carbonyl (C=O) groups excluding carboxylic acids is 2. The van der Waals surface area contributed by atoms with E-state index in [0.717, 1.165) is 11.3 Å². The van der Waals surface area contributed by atoms with E-state index in [9.17, 15) is 9.59 Å². The van der Waals surface area contributed by atoms with E-state index in [0.29, 0.717) is 22.5 Å². The largest absolute Gasteiger partial charge is 0.322 e. The summed E-state index contributed by atoms with van der Waals surface area (Å²) in [6.07, 6.45) is 1.68. The van der Waals surface area contributed by atoms with Gasteiger partial charge in [-0.05, 0) is 54.6 Å². The number of hydrogen-bond donors (Lipinski definition) is 3. The zero-order chi connectivity index (χ0) is 20.1. The molecule has 0 atom stereocenters. The van der Waals surface area contributed by atoms with Crippen LogP contribution in [0.5, 0.6) is 0 Å². The maximum atomic E-state index is 12.5. The standard InChI is InChI=1S/C23H18N4O2/c28-22(16-5-2-1-3-6-16)25-19-11-9-17(10-12-19)23(29)26-20-8-4-7-18(15-20)21-13-14-24-27-21/h1-15H,(H,24,27)(H,25,28)(H,26,29). The monoisotopic (exact) mass is 382 g/mol. The number of aromatic nitrogens is 2. The molecule has 4 aromatic rings. The van der Waals surface area contributed by atoms with E-state index >= 15 is 0 Å². The smallest absolute Gasteiger partial charge is 0.255 e. The van der Waals surface area contributed by atoms with Gasteiger partial charge in [0.05, 0.1) is 5.69 Å². The summed E-state index contributed by atoms with van der Waals surface area (Å²) in [6, 6.07) is 25.1. The van der Waals surface area contributed by atoms with Crippen LogP contribution < -0.4 is 10.6 Å². The Morgan fingerprint density at radius 3 is 2.07 bits per heavy atom. The topological polar surface area (TPSA) is 86.9 Å². The molecule has 6 heteroatoms. The molecule has 0 fully saturated rings. The lowest BCUT2D eigenvalue weighted by atomic mass is 10.1. The van der Waals surface area contributed by atoms with Crippen LogP contribution in [-0.2, 0) is 0 Å². The second-order valence-electron chi connectivity index (χ2n) is 6.40. The van der Waals surface area contributed by atoms with Gasteiger partial charge in [0.25, 0.3) is 11.8 Å². The minimum absolute atomic E-state index is 0.196. The van der Waals surface area contributed by atoms with Crippen LogP contribution in [-0.4, -0.2) is 22.0 Å². The average Bonchev–Trinajstić information content (AvgIpc) is 3.30. The summed E-state index contributed by atoms with van der Waals surface area (Å²) in [6.45, 7) is 0. The maximum absolute atomic E-state index is 12.5. The first-order valence-electron chi connectivity index (χ1n) is 9.07. The molecule has 0 saturated carbocycles. The molecular formula is C23H18N4O2. The Morgan fingerprint density at radius 2 is 1.38 bits per heavy atom. The van der Waals surface area contributed by atoms with Gasteiger partial charge in [-0.2, -0.15) is 5.10 Å². The highest BCUT2D eigenvalue weighted by Gasteiger charge is 2.09. The molecule has 29 heavy (non-hydrogen) atoms. The SMILES string of the molecule is O=C(Nc1ccc(C(=O)Nc2cccc(-c3ccn[nH]3)c2)cc1)c1ccccc1. The number of H-pyrrole nitrogens is 1. The Kier molecular flexibility index (Phi) is 5.16. The number of nitrogens with zero attached hydrogens (tertiary/aromatic N) is 1. The predicted octanol–water partition coefficient (Wildman–Crippen LogP) is 4.58. The van der Waals surface area contributed by atoms with E-state index in [2.05, 4.69) is 20.8 Å². The van der Waals surface area contributed by atoms with Crippen LogP contribution >= 0.6 is 0 Å². The van der Waals surface area contributed by atoms with Crippen molar-refractivity contribution >= 4 is 23.2 Å². The molecule has 1 heterocycles. The Hall–Kier alpha value is -4.19. The molecule has 142 valence electrons. The number of carbonyl (C=O) groups is 2. The molecule has 3 aromatic carbocycles. The Morgan fingerprint density at radius 1 is 0.690 bits per heavy atom. The molecule has 3 N–H and O–H groups in total.